The third-order valence-electron chi connectivity index (χ3n) is 4.69. The Balaban J connectivity index is 1.34. The highest BCUT2D eigenvalue weighted by Gasteiger charge is 2.10. The first-order valence-corrected chi connectivity index (χ1v) is 10.5. The van der Waals surface area contributed by atoms with Gasteiger partial charge in [0.25, 0.3) is 5.91 Å². The van der Waals surface area contributed by atoms with E-state index in [1.807, 2.05) is 0 Å². The molecule has 1 heterocycles. The van der Waals surface area contributed by atoms with Gasteiger partial charge in [-0.25, -0.2) is 4.39 Å². The predicted molar refractivity (Wildman–Crippen MR) is 123 cm³/mol. The Morgan fingerprint density at radius 2 is 1.84 bits per heavy atom. The molecule has 0 unspecified atom stereocenters. The monoisotopic (exact) mass is 469 g/mol. The number of hydrogen-bond donors (Lipinski definition) is 1. The van der Waals surface area contributed by atoms with Gasteiger partial charge in [-0.3, -0.25) is 9.48 Å². The van der Waals surface area contributed by atoms with Crippen LogP contribution in [-0.2, 0) is 13.2 Å². The Bertz CT molecular complexity index is 1240. The molecule has 0 aliphatic rings. The molecular weight excluding hydrogens is 452 g/mol. The smallest absolute Gasteiger partial charge is 0.255 e. The SMILES string of the molecule is O=C(Nc1cnn(Cc2ccccc2F)c1)c1ccc(COc2ccc(Cl)cc2Cl)cc1. The zero-order chi connectivity index (χ0) is 22.5. The van der Waals surface area contributed by atoms with Crippen LogP contribution in [0.4, 0.5) is 10.1 Å². The zero-order valence-corrected chi connectivity index (χ0v) is 18.3. The van der Waals surface area contributed by atoms with Crippen molar-refractivity contribution < 1.29 is 13.9 Å². The molecule has 0 fully saturated rings. The van der Waals surface area contributed by atoms with Crippen molar-refractivity contribution >= 4 is 34.8 Å². The summed E-state index contributed by atoms with van der Waals surface area (Å²) in [4.78, 5) is 12.5. The van der Waals surface area contributed by atoms with Crippen molar-refractivity contribution in [3.8, 4) is 5.75 Å². The average Bonchev–Trinajstić information content (AvgIpc) is 3.22. The summed E-state index contributed by atoms with van der Waals surface area (Å²) in [5.41, 5.74) is 2.41. The Kier molecular flexibility index (Phi) is 6.73. The highest BCUT2D eigenvalue weighted by atomic mass is 35.5. The van der Waals surface area contributed by atoms with E-state index in [1.54, 1.807) is 71.5 Å². The van der Waals surface area contributed by atoms with Gasteiger partial charge in [-0.1, -0.05) is 53.5 Å². The maximum Gasteiger partial charge on any atom is 0.255 e. The fourth-order valence-corrected chi connectivity index (χ4v) is 3.49. The molecule has 8 heteroatoms. The minimum Gasteiger partial charge on any atom is -0.487 e. The van der Waals surface area contributed by atoms with Gasteiger partial charge in [0, 0.05) is 22.3 Å². The topological polar surface area (TPSA) is 56.2 Å². The molecule has 0 saturated heterocycles. The number of benzene rings is 3. The number of ether oxygens (including phenoxy) is 1. The van der Waals surface area contributed by atoms with E-state index in [1.165, 1.54) is 12.3 Å². The number of aromatic nitrogens is 2. The van der Waals surface area contributed by atoms with Crippen LogP contribution in [0.15, 0.2) is 79.1 Å². The van der Waals surface area contributed by atoms with E-state index < -0.39 is 0 Å². The van der Waals surface area contributed by atoms with E-state index in [0.717, 1.165) is 5.56 Å². The zero-order valence-electron chi connectivity index (χ0n) is 16.8. The van der Waals surface area contributed by atoms with E-state index in [4.69, 9.17) is 27.9 Å². The van der Waals surface area contributed by atoms with Crippen molar-refractivity contribution in [2.24, 2.45) is 0 Å². The van der Waals surface area contributed by atoms with Crippen LogP contribution in [0.2, 0.25) is 10.0 Å². The highest BCUT2D eigenvalue weighted by Crippen LogP contribution is 2.28. The van der Waals surface area contributed by atoms with Crippen LogP contribution >= 0.6 is 23.2 Å². The number of nitrogens with one attached hydrogen (secondary N) is 1. The van der Waals surface area contributed by atoms with E-state index >= 15 is 0 Å². The molecule has 0 aliphatic carbocycles. The number of amides is 1. The Morgan fingerprint density at radius 3 is 2.59 bits per heavy atom. The lowest BCUT2D eigenvalue weighted by Gasteiger charge is -2.09. The van der Waals surface area contributed by atoms with Gasteiger partial charge in [-0.2, -0.15) is 5.10 Å². The molecule has 4 aromatic rings. The van der Waals surface area contributed by atoms with Crippen LogP contribution in [0.25, 0.3) is 0 Å². The number of nitrogens with zero attached hydrogens (tertiary/aromatic N) is 2. The lowest BCUT2D eigenvalue weighted by Crippen LogP contribution is -2.11. The number of anilines is 1. The summed E-state index contributed by atoms with van der Waals surface area (Å²) in [6.07, 6.45) is 3.18. The van der Waals surface area contributed by atoms with Crippen LogP contribution in [0.5, 0.6) is 5.75 Å². The molecule has 0 radical (unpaired) electrons. The Morgan fingerprint density at radius 1 is 1.06 bits per heavy atom. The third-order valence-corrected chi connectivity index (χ3v) is 5.22. The molecule has 1 aromatic heterocycles. The molecule has 32 heavy (non-hydrogen) atoms. The summed E-state index contributed by atoms with van der Waals surface area (Å²) in [5, 5.41) is 7.94. The summed E-state index contributed by atoms with van der Waals surface area (Å²) in [5.74, 6) is -0.0371. The van der Waals surface area contributed by atoms with Gasteiger partial charge in [0.15, 0.2) is 0 Å². The molecule has 0 spiro atoms. The maximum atomic E-state index is 13.8. The van der Waals surface area contributed by atoms with Gasteiger partial charge in [0.05, 0.1) is 23.5 Å². The predicted octanol–water partition coefficient (Wildman–Crippen LogP) is 6.21. The van der Waals surface area contributed by atoms with Gasteiger partial charge in [0.2, 0.25) is 0 Å². The molecule has 5 nitrogen and oxygen atoms in total. The molecule has 3 aromatic carbocycles. The molecule has 0 saturated carbocycles. The first-order valence-electron chi connectivity index (χ1n) is 9.72. The van der Waals surface area contributed by atoms with Crippen molar-refractivity contribution in [1.29, 1.82) is 0 Å². The standard InChI is InChI=1S/C24H18Cl2FN3O2/c25-19-9-10-23(21(26)11-19)32-15-16-5-7-17(8-6-16)24(31)29-20-12-28-30(14-20)13-18-3-1-2-4-22(18)27/h1-12,14H,13,15H2,(H,29,31). The highest BCUT2D eigenvalue weighted by molar-refractivity contribution is 6.35. The first-order chi connectivity index (χ1) is 15.5. The summed E-state index contributed by atoms with van der Waals surface area (Å²) >= 11 is 12.0. The second kappa shape index (κ2) is 9.85. The first kappa shape index (κ1) is 21.9. The van der Waals surface area contributed by atoms with Crippen LogP contribution in [-0.4, -0.2) is 15.7 Å². The number of carbonyl (C=O) groups excluding carboxylic acids is 1. The number of rotatable bonds is 7. The second-order valence-corrected chi connectivity index (χ2v) is 7.88. The van der Waals surface area contributed by atoms with Crippen LogP contribution in [0.3, 0.4) is 0 Å². The molecule has 162 valence electrons. The van der Waals surface area contributed by atoms with Gasteiger partial charge in [-0.05, 0) is 42.0 Å². The van der Waals surface area contributed by atoms with E-state index in [9.17, 15) is 9.18 Å². The molecule has 1 N–H and O–H groups in total. The molecule has 1 amide bonds. The Labute approximate surface area is 194 Å². The second-order valence-electron chi connectivity index (χ2n) is 7.03. The minimum absolute atomic E-state index is 0.273. The third kappa shape index (κ3) is 5.46. The largest absolute Gasteiger partial charge is 0.487 e. The van der Waals surface area contributed by atoms with Crippen LogP contribution in [0, 0.1) is 5.82 Å². The lowest BCUT2D eigenvalue weighted by molar-refractivity contribution is 0.102. The van der Waals surface area contributed by atoms with Crippen LogP contribution in [0.1, 0.15) is 21.5 Å². The van der Waals surface area contributed by atoms with Gasteiger partial charge in [-0.15, -0.1) is 0 Å². The molecular formula is C24H18Cl2FN3O2. The van der Waals surface area contributed by atoms with Crippen molar-refractivity contribution in [3.63, 3.8) is 0 Å². The summed E-state index contributed by atoms with van der Waals surface area (Å²) in [6, 6.07) is 18.6. The molecule has 4 rings (SSSR count). The van der Waals surface area contributed by atoms with Gasteiger partial charge in [0.1, 0.15) is 18.2 Å². The van der Waals surface area contributed by atoms with Crippen LogP contribution < -0.4 is 10.1 Å². The Hall–Kier alpha value is -3.35. The molecule has 0 bridgehead atoms. The fourth-order valence-electron chi connectivity index (χ4n) is 3.02. The van der Waals surface area contributed by atoms with E-state index in [0.29, 0.717) is 39.2 Å². The van der Waals surface area contributed by atoms with Crippen molar-refractivity contribution in [3.05, 3.63) is 112 Å². The maximum absolute atomic E-state index is 13.8. The van der Waals surface area contributed by atoms with E-state index in [-0.39, 0.29) is 18.3 Å². The average molecular weight is 470 g/mol. The lowest BCUT2D eigenvalue weighted by atomic mass is 10.1. The number of carbonyl (C=O) groups is 1. The molecule has 0 atom stereocenters. The van der Waals surface area contributed by atoms with Crippen molar-refractivity contribution in [1.82, 2.24) is 9.78 Å². The van der Waals surface area contributed by atoms with Crippen molar-refractivity contribution in [2.75, 3.05) is 5.32 Å². The number of halogens is 3. The summed E-state index contributed by atoms with van der Waals surface area (Å²) in [6.45, 7) is 0.570. The fraction of sp³-hybridized carbons (Fsp3) is 0.0833. The van der Waals surface area contributed by atoms with E-state index in [2.05, 4.69) is 10.4 Å². The minimum atomic E-state index is -0.295. The summed E-state index contributed by atoms with van der Waals surface area (Å²) < 4.78 is 21.1. The quantitative estimate of drug-likeness (QED) is 0.350. The summed E-state index contributed by atoms with van der Waals surface area (Å²) in [7, 11) is 0. The van der Waals surface area contributed by atoms with Crippen molar-refractivity contribution in [2.45, 2.75) is 13.2 Å². The molecule has 0 aliphatic heterocycles. The van der Waals surface area contributed by atoms with Gasteiger partial charge < -0.3 is 10.1 Å². The van der Waals surface area contributed by atoms with Gasteiger partial charge >= 0.3 is 0 Å². The normalized spacial score (nSPS) is 10.7. The number of hydrogen-bond acceptors (Lipinski definition) is 3.